The van der Waals surface area contributed by atoms with Gasteiger partial charge in [0.15, 0.2) is 5.96 Å². The first-order valence-corrected chi connectivity index (χ1v) is 12.9. The van der Waals surface area contributed by atoms with Crippen molar-refractivity contribution in [2.24, 2.45) is 4.99 Å². The summed E-state index contributed by atoms with van der Waals surface area (Å²) < 4.78 is 34.1. The van der Waals surface area contributed by atoms with Crippen LogP contribution in [0.1, 0.15) is 45.6 Å². The average molecular weight is 440 g/mol. The fourth-order valence-corrected chi connectivity index (χ4v) is 4.40. The van der Waals surface area contributed by atoms with E-state index in [0.29, 0.717) is 19.6 Å². The zero-order chi connectivity index (χ0) is 22.0. The van der Waals surface area contributed by atoms with E-state index in [1.165, 1.54) is 11.8 Å². The maximum Gasteiger partial charge on any atom is 0.191 e. The molecule has 8 heteroatoms. The van der Waals surface area contributed by atoms with Crippen molar-refractivity contribution in [3.8, 4) is 5.75 Å². The van der Waals surface area contributed by atoms with Gasteiger partial charge in [0.1, 0.15) is 15.6 Å². The predicted octanol–water partition coefficient (Wildman–Crippen LogP) is 2.51. The summed E-state index contributed by atoms with van der Waals surface area (Å²) in [4.78, 5) is 4.89. The van der Waals surface area contributed by atoms with Crippen molar-refractivity contribution >= 4 is 15.8 Å². The van der Waals surface area contributed by atoms with E-state index in [1.807, 2.05) is 32.9 Å². The van der Waals surface area contributed by atoms with Crippen LogP contribution in [0.2, 0.25) is 0 Å². The minimum atomic E-state index is -2.97. The Morgan fingerprint density at radius 1 is 1.23 bits per heavy atom. The molecule has 0 aliphatic carbocycles. The maximum absolute atomic E-state index is 11.4. The number of benzene rings is 1. The van der Waals surface area contributed by atoms with Crippen molar-refractivity contribution in [2.75, 3.05) is 44.9 Å². The zero-order valence-corrected chi connectivity index (χ0v) is 19.6. The number of hydrogen-bond acceptors (Lipinski definition) is 5. The van der Waals surface area contributed by atoms with Crippen molar-refractivity contribution < 1.29 is 17.9 Å². The summed E-state index contributed by atoms with van der Waals surface area (Å²) in [5.41, 5.74) is 1.17. The van der Waals surface area contributed by atoms with Crippen molar-refractivity contribution in [1.82, 2.24) is 10.6 Å². The zero-order valence-electron chi connectivity index (χ0n) is 18.7. The van der Waals surface area contributed by atoms with Gasteiger partial charge in [-0.2, -0.15) is 0 Å². The Kier molecular flexibility index (Phi) is 9.42. The molecule has 0 saturated carbocycles. The van der Waals surface area contributed by atoms with Crippen LogP contribution in [0.4, 0.5) is 0 Å². The molecule has 0 bridgehead atoms. The molecule has 2 N–H and O–H groups in total. The summed E-state index contributed by atoms with van der Waals surface area (Å²) in [6.07, 6.45) is 3.63. The van der Waals surface area contributed by atoms with E-state index in [9.17, 15) is 8.42 Å². The summed E-state index contributed by atoms with van der Waals surface area (Å²) >= 11 is 0. The minimum absolute atomic E-state index is 0.00800. The molecule has 0 spiro atoms. The highest BCUT2D eigenvalue weighted by Gasteiger charge is 2.34. The number of hydrogen-bond donors (Lipinski definition) is 2. The number of ether oxygens (including phenoxy) is 2. The Morgan fingerprint density at radius 2 is 1.90 bits per heavy atom. The molecular weight excluding hydrogens is 402 g/mol. The van der Waals surface area contributed by atoms with Crippen molar-refractivity contribution in [2.45, 2.75) is 51.5 Å². The first-order chi connectivity index (χ1) is 14.3. The van der Waals surface area contributed by atoms with Gasteiger partial charge in [0.05, 0.1) is 18.9 Å². The Balaban J connectivity index is 2.14. The van der Waals surface area contributed by atoms with E-state index in [4.69, 9.17) is 14.5 Å². The quantitative estimate of drug-likeness (QED) is 0.430. The van der Waals surface area contributed by atoms with Gasteiger partial charge in [-0.15, -0.1) is 0 Å². The normalized spacial score (nSPS) is 17.9. The van der Waals surface area contributed by atoms with Crippen LogP contribution < -0.4 is 15.4 Å². The lowest BCUT2D eigenvalue weighted by Crippen LogP contribution is -2.44. The molecule has 1 aliphatic rings. The summed E-state index contributed by atoms with van der Waals surface area (Å²) in [6, 6.07) is 8.34. The number of nitrogens with zero attached hydrogens (tertiary/aromatic N) is 1. The molecule has 7 nitrogen and oxygen atoms in total. The smallest absolute Gasteiger partial charge is 0.191 e. The number of sulfone groups is 1. The highest BCUT2D eigenvalue weighted by atomic mass is 32.2. The molecule has 170 valence electrons. The number of nitrogens with one attached hydrogen (secondary N) is 2. The van der Waals surface area contributed by atoms with Crippen LogP contribution in [0.25, 0.3) is 0 Å². The number of aliphatic imine (C=N–C) groups is 1. The van der Waals surface area contributed by atoms with Gasteiger partial charge in [-0.1, -0.05) is 12.1 Å². The number of guanidine groups is 1. The van der Waals surface area contributed by atoms with E-state index in [0.717, 1.165) is 44.3 Å². The molecule has 1 unspecified atom stereocenters. The van der Waals surface area contributed by atoms with Gasteiger partial charge in [-0.05, 0) is 57.7 Å². The lowest BCUT2D eigenvalue weighted by molar-refractivity contribution is 0.0531. The topological polar surface area (TPSA) is 89.0 Å². The van der Waals surface area contributed by atoms with Crippen molar-refractivity contribution in [3.05, 3.63) is 29.8 Å². The van der Waals surface area contributed by atoms with E-state index in [2.05, 4.69) is 22.8 Å². The molecule has 2 rings (SSSR count). The van der Waals surface area contributed by atoms with Gasteiger partial charge in [-0.25, -0.2) is 8.42 Å². The van der Waals surface area contributed by atoms with Gasteiger partial charge < -0.3 is 20.1 Å². The van der Waals surface area contributed by atoms with Crippen LogP contribution in [-0.2, 0) is 20.0 Å². The van der Waals surface area contributed by atoms with Gasteiger partial charge >= 0.3 is 0 Å². The van der Waals surface area contributed by atoms with E-state index >= 15 is 0 Å². The molecule has 0 amide bonds. The second kappa shape index (κ2) is 11.6. The molecule has 1 fully saturated rings. The van der Waals surface area contributed by atoms with Crippen LogP contribution in [0.3, 0.4) is 0 Å². The summed E-state index contributed by atoms with van der Waals surface area (Å²) in [7, 11) is -2.97. The van der Waals surface area contributed by atoms with Crippen molar-refractivity contribution in [1.29, 1.82) is 0 Å². The lowest BCUT2D eigenvalue weighted by atomic mass is 9.74. The molecule has 1 aromatic carbocycles. The molecule has 1 aliphatic heterocycles. The Hall–Kier alpha value is -1.80. The molecular formula is C22H37N3O4S. The third kappa shape index (κ3) is 7.80. The van der Waals surface area contributed by atoms with Crippen molar-refractivity contribution in [3.63, 3.8) is 0 Å². The van der Waals surface area contributed by atoms with Crippen LogP contribution in [0, 0.1) is 0 Å². The third-order valence-electron chi connectivity index (χ3n) is 5.42. The van der Waals surface area contributed by atoms with Gasteiger partial charge in [0.2, 0.25) is 0 Å². The Morgan fingerprint density at radius 3 is 2.47 bits per heavy atom. The van der Waals surface area contributed by atoms with E-state index in [1.54, 1.807) is 0 Å². The molecule has 30 heavy (non-hydrogen) atoms. The fraction of sp³-hybridized carbons (Fsp3) is 0.682. The summed E-state index contributed by atoms with van der Waals surface area (Å²) in [5.74, 6) is 1.76. The molecule has 1 heterocycles. The van der Waals surface area contributed by atoms with Crippen LogP contribution in [0.5, 0.6) is 5.75 Å². The van der Waals surface area contributed by atoms with Crippen LogP contribution in [-0.4, -0.2) is 65.3 Å². The molecule has 1 aromatic rings. The highest BCUT2D eigenvalue weighted by molar-refractivity contribution is 7.90. The SMILES string of the molecule is CCNC(=NCC1(c2ccc(OCC)cc2)CCOCC1)NC(C)CCS(C)(=O)=O. The first-order valence-electron chi connectivity index (χ1n) is 10.8. The van der Waals surface area contributed by atoms with Crippen LogP contribution in [0.15, 0.2) is 29.3 Å². The Labute approximate surface area is 181 Å². The highest BCUT2D eigenvalue weighted by Crippen LogP contribution is 2.36. The van der Waals surface area contributed by atoms with E-state index in [-0.39, 0.29) is 17.2 Å². The average Bonchev–Trinajstić information content (AvgIpc) is 2.72. The third-order valence-corrected chi connectivity index (χ3v) is 6.39. The summed E-state index contributed by atoms with van der Waals surface area (Å²) in [5, 5.41) is 6.63. The van der Waals surface area contributed by atoms with Crippen LogP contribution >= 0.6 is 0 Å². The standard InChI is InChI=1S/C22H37N3O4S/c1-5-23-21(25-18(3)11-16-30(4,26)27)24-17-22(12-14-28-15-13-22)19-7-9-20(10-8-19)29-6-2/h7-10,18H,5-6,11-17H2,1-4H3,(H2,23,24,25). The van der Waals surface area contributed by atoms with Gasteiger partial charge in [0.25, 0.3) is 0 Å². The van der Waals surface area contributed by atoms with Gasteiger partial charge in [0, 0.05) is 37.5 Å². The number of rotatable bonds is 10. The van der Waals surface area contributed by atoms with Gasteiger partial charge in [-0.3, -0.25) is 4.99 Å². The largest absolute Gasteiger partial charge is 0.494 e. The Bertz CT molecular complexity index is 772. The minimum Gasteiger partial charge on any atom is -0.494 e. The predicted molar refractivity (Wildman–Crippen MR) is 122 cm³/mol. The molecule has 1 saturated heterocycles. The fourth-order valence-electron chi connectivity index (χ4n) is 3.62. The lowest BCUT2D eigenvalue weighted by Gasteiger charge is -2.37. The second-order valence-electron chi connectivity index (χ2n) is 8.01. The monoisotopic (exact) mass is 439 g/mol. The summed E-state index contributed by atoms with van der Waals surface area (Å²) in [6.45, 7) is 9.45. The molecule has 1 atom stereocenters. The second-order valence-corrected chi connectivity index (χ2v) is 10.3. The molecule has 0 aromatic heterocycles. The maximum atomic E-state index is 11.4. The van der Waals surface area contributed by atoms with E-state index < -0.39 is 9.84 Å². The molecule has 0 radical (unpaired) electrons. The first kappa shape index (κ1) is 24.5.